The number of halogens is 2. The number of nitrogens with zero attached hydrogens (tertiary/aromatic N) is 2. The number of benzene rings is 1. The Morgan fingerprint density at radius 3 is 2.85 bits per heavy atom. The van der Waals surface area contributed by atoms with Crippen molar-refractivity contribution in [3.8, 4) is 0 Å². The van der Waals surface area contributed by atoms with Gasteiger partial charge in [-0.3, -0.25) is 9.69 Å². The zero-order valence-corrected chi connectivity index (χ0v) is 19.6. The Kier molecular flexibility index (Phi) is 8.99. The van der Waals surface area contributed by atoms with Crippen molar-refractivity contribution >= 4 is 29.4 Å². The van der Waals surface area contributed by atoms with Crippen LogP contribution < -0.4 is 10.6 Å². The number of rotatable bonds is 9. The van der Waals surface area contributed by atoms with Gasteiger partial charge >= 0.3 is 0 Å². The number of aliphatic imine (C=N–C) groups is 1. The summed E-state index contributed by atoms with van der Waals surface area (Å²) in [5, 5.41) is 13.9. The van der Waals surface area contributed by atoms with Crippen LogP contribution in [0.2, 0.25) is 5.02 Å². The highest BCUT2D eigenvalue weighted by Crippen LogP contribution is 2.25. The summed E-state index contributed by atoms with van der Waals surface area (Å²) in [7, 11) is 1.50. The van der Waals surface area contributed by atoms with Crippen LogP contribution in [0.5, 0.6) is 0 Å². The van der Waals surface area contributed by atoms with Crippen LogP contribution in [0, 0.1) is 11.2 Å². The van der Waals surface area contributed by atoms with Crippen molar-refractivity contribution in [2.75, 3.05) is 46.5 Å². The molecule has 3 rings (SSSR count). The lowest BCUT2D eigenvalue weighted by molar-refractivity contribution is -0.117. The molecule has 8 nitrogen and oxygen atoms in total. The molecule has 1 amide bonds. The molecule has 0 radical (unpaired) electrons. The van der Waals surface area contributed by atoms with Crippen molar-refractivity contribution in [2.45, 2.75) is 19.8 Å². The molecule has 1 saturated heterocycles. The minimum absolute atomic E-state index is 0.106. The number of amides is 1. The summed E-state index contributed by atoms with van der Waals surface area (Å²) in [6.45, 7) is 6.44. The minimum atomic E-state index is -0.409. The Hall–Kier alpha value is -2.75. The predicted molar refractivity (Wildman–Crippen MR) is 126 cm³/mol. The fourth-order valence-electron chi connectivity index (χ4n) is 3.64. The topological polar surface area (TPSA) is 99.0 Å². The largest absolute Gasteiger partial charge is 0.482 e. The molecule has 0 saturated carbocycles. The van der Waals surface area contributed by atoms with Crippen LogP contribution in [0.1, 0.15) is 18.9 Å². The number of nitrogens with one attached hydrogen (secondary N) is 3. The molecule has 0 bridgehead atoms. The monoisotopic (exact) mass is 477 g/mol. The van der Waals surface area contributed by atoms with Crippen LogP contribution in [-0.4, -0.2) is 69.2 Å². The Bertz CT molecular complexity index is 986. The average molecular weight is 478 g/mol. The summed E-state index contributed by atoms with van der Waals surface area (Å²) in [6.07, 6.45) is 2.14. The van der Waals surface area contributed by atoms with Gasteiger partial charge in [-0.2, -0.15) is 0 Å². The third-order valence-corrected chi connectivity index (χ3v) is 5.85. The van der Waals surface area contributed by atoms with Crippen molar-refractivity contribution in [1.82, 2.24) is 15.5 Å². The van der Waals surface area contributed by atoms with Gasteiger partial charge < -0.3 is 25.5 Å². The number of ether oxygens (including phenoxy) is 2. The number of hydrogen-bond acceptors (Lipinski definition) is 7. The van der Waals surface area contributed by atoms with Gasteiger partial charge in [-0.15, -0.1) is 0 Å². The van der Waals surface area contributed by atoms with Crippen LogP contribution >= 0.6 is 11.6 Å². The van der Waals surface area contributed by atoms with Gasteiger partial charge in [0.15, 0.2) is 5.88 Å². The molecule has 0 aliphatic carbocycles. The van der Waals surface area contributed by atoms with E-state index in [1.807, 2.05) is 0 Å². The molecule has 1 aromatic carbocycles. The summed E-state index contributed by atoms with van der Waals surface area (Å²) in [6, 6.07) is 4.22. The van der Waals surface area contributed by atoms with Gasteiger partial charge in [0.2, 0.25) is 0 Å². The Morgan fingerprint density at radius 1 is 1.42 bits per heavy atom. The highest BCUT2D eigenvalue weighted by Gasteiger charge is 2.23. The SMILES string of the molecule is COC1=C(Cc2ccc(F)cc2Cl)C(C)=N/C(=C(/C=N)C(=O)NCCCN2CCOCC2)N1. The van der Waals surface area contributed by atoms with Crippen LogP contribution in [0.4, 0.5) is 4.39 Å². The van der Waals surface area contributed by atoms with Gasteiger partial charge in [0.1, 0.15) is 11.6 Å². The van der Waals surface area contributed by atoms with E-state index < -0.39 is 5.82 Å². The highest BCUT2D eigenvalue weighted by molar-refractivity contribution is 6.31. The average Bonchev–Trinajstić information content (AvgIpc) is 2.80. The Labute approximate surface area is 198 Å². The van der Waals surface area contributed by atoms with E-state index in [0.29, 0.717) is 29.6 Å². The molecule has 1 aromatic rings. The first-order valence-corrected chi connectivity index (χ1v) is 11.2. The van der Waals surface area contributed by atoms with Crippen molar-refractivity contribution in [3.05, 3.63) is 57.5 Å². The minimum Gasteiger partial charge on any atom is -0.482 e. The van der Waals surface area contributed by atoms with Crippen molar-refractivity contribution < 1.29 is 18.7 Å². The third kappa shape index (κ3) is 6.63. The maximum absolute atomic E-state index is 13.4. The van der Waals surface area contributed by atoms with Crippen LogP contribution in [-0.2, 0) is 20.7 Å². The van der Waals surface area contributed by atoms with Crippen molar-refractivity contribution in [3.63, 3.8) is 0 Å². The van der Waals surface area contributed by atoms with E-state index in [1.54, 1.807) is 13.0 Å². The zero-order chi connectivity index (χ0) is 23.8. The summed E-state index contributed by atoms with van der Waals surface area (Å²) in [5.41, 5.74) is 2.16. The second kappa shape index (κ2) is 11.9. The lowest BCUT2D eigenvalue weighted by Gasteiger charge is -2.26. The lowest BCUT2D eigenvalue weighted by atomic mass is 10.0. The maximum Gasteiger partial charge on any atom is 0.256 e. The van der Waals surface area contributed by atoms with Gasteiger partial charge in [0.25, 0.3) is 5.91 Å². The second-order valence-corrected chi connectivity index (χ2v) is 8.12. The van der Waals surface area contributed by atoms with E-state index >= 15 is 0 Å². The van der Waals surface area contributed by atoms with Crippen molar-refractivity contribution in [2.24, 2.45) is 4.99 Å². The maximum atomic E-state index is 13.4. The summed E-state index contributed by atoms with van der Waals surface area (Å²) in [4.78, 5) is 19.5. The van der Waals surface area contributed by atoms with E-state index in [2.05, 4.69) is 20.5 Å². The molecule has 0 unspecified atom stereocenters. The van der Waals surface area contributed by atoms with Gasteiger partial charge in [-0.1, -0.05) is 17.7 Å². The third-order valence-electron chi connectivity index (χ3n) is 5.49. The van der Waals surface area contributed by atoms with Crippen LogP contribution in [0.15, 0.2) is 46.0 Å². The molecule has 33 heavy (non-hydrogen) atoms. The number of methoxy groups -OCH3 is 1. The number of carbonyl (C=O) groups excluding carboxylic acids is 1. The molecule has 2 heterocycles. The molecule has 0 aromatic heterocycles. The molecule has 0 spiro atoms. The molecule has 178 valence electrons. The van der Waals surface area contributed by atoms with Gasteiger partial charge in [0.05, 0.1) is 25.9 Å². The second-order valence-electron chi connectivity index (χ2n) is 7.72. The molecule has 3 N–H and O–H groups in total. The smallest absolute Gasteiger partial charge is 0.256 e. The standard InChI is InChI=1S/C23H29ClFN5O3/c1-15-18(12-16-4-5-17(25)13-20(16)24)23(32-2)29-21(28-15)19(14-26)22(31)27-6-3-7-30-8-10-33-11-9-30/h4-5,13-14,26,29H,3,6-12H2,1-2H3,(H,27,31)/b21-19+,26-14?. The van der Waals surface area contributed by atoms with E-state index in [0.717, 1.165) is 56.6 Å². The number of morpholine rings is 1. The fraction of sp³-hybridized carbons (Fsp3) is 0.435. The Balaban J connectivity index is 1.67. The molecule has 0 atom stereocenters. The van der Waals surface area contributed by atoms with Crippen LogP contribution in [0.3, 0.4) is 0 Å². The van der Waals surface area contributed by atoms with E-state index in [1.165, 1.54) is 19.2 Å². The molecular formula is C23H29ClFN5O3. The van der Waals surface area contributed by atoms with Gasteiger partial charge in [-0.05, 0) is 37.6 Å². The van der Waals surface area contributed by atoms with E-state index in [9.17, 15) is 9.18 Å². The molecule has 10 heteroatoms. The fourth-order valence-corrected chi connectivity index (χ4v) is 3.88. The van der Waals surface area contributed by atoms with Gasteiger partial charge in [0, 0.05) is 48.6 Å². The molecule has 2 aliphatic heterocycles. The first-order chi connectivity index (χ1) is 15.9. The highest BCUT2D eigenvalue weighted by atomic mass is 35.5. The summed E-state index contributed by atoms with van der Waals surface area (Å²) in [5.74, 6) is -0.156. The summed E-state index contributed by atoms with van der Waals surface area (Å²) >= 11 is 6.18. The molecular weight excluding hydrogens is 449 g/mol. The molecule has 1 fully saturated rings. The molecule has 2 aliphatic rings. The van der Waals surface area contributed by atoms with E-state index in [-0.39, 0.29) is 17.3 Å². The van der Waals surface area contributed by atoms with E-state index in [4.69, 9.17) is 26.5 Å². The quantitative estimate of drug-likeness (QED) is 0.288. The zero-order valence-electron chi connectivity index (χ0n) is 18.8. The first-order valence-electron chi connectivity index (χ1n) is 10.8. The van der Waals surface area contributed by atoms with Crippen molar-refractivity contribution in [1.29, 1.82) is 5.41 Å². The van der Waals surface area contributed by atoms with Crippen LogP contribution in [0.25, 0.3) is 0 Å². The number of allylic oxidation sites excluding steroid dienone is 1. The number of hydrogen-bond donors (Lipinski definition) is 3. The predicted octanol–water partition coefficient (Wildman–Crippen LogP) is 2.64. The Morgan fingerprint density at radius 2 is 2.18 bits per heavy atom. The lowest BCUT2D eigenvalue weighted by Crippen LogP contribution is -2.38. The first kappa shape index (κ1) is 24.9. The summed E-state index contributed by atoms with van der Waals surface area (Å²) < 4.78 is 24.2. The normalized spacial score (nSPS) is 18.4. The van der Waals surface area contributed by atoms with Gasteiger partial charge in [-0.25, -0.2) is 9.38 Å². The number of carbonyl (C=O) groups is 1.